The topological polar surface area (TPSA) is 237 Å². The Labute approximate surface area is 607 Å². The molecule has 17 nitrogen and oxygen atoms in total. The standard InChI is InChI=1S/C80H156O17P2/c1-6-9-12-15-18-21-24-26-28-29-30-32-36-41-46-51-56-61-66-80(85)97-76(70-91-78(83)64-59-54-49-44-39-37-33-34-38-42-47-52-57-62-73(4)5)72-95-99(88,89)93-68-74(81)67-92-98(86,87)94-71-75(69-90-77(82)63-58-53-48-43-23-20-17-14-11-8-3)96-79(84)65-60-55-50-45-40-35-31-27-25-22-19-16-13-10-7-2/h73-76,81H,6-72H2,1-5H3,(H,86,87)(H,88,89)/t74-,75+,76+/m0/s1. The highest BCUT2D eigenvalue weighted by Crippen LogP contribution is 2.45. The second-order valence-corrected chi connectivity index (χ2v) is 32.2. The molecule has 0 aromatic carbocycles. The van der Waals surface area contributed by atoms with Crippen molar-refractivity contribution < 1.29 is 80.2 Å². The van der Waals surface area contributed by atoms with E-state index in [0.29, 0.717) is 25.7 Å². The van der Waals surface area contributed by atoms with Gasteiger partial charge in [0.1, 0.15) is 19.3 Å². The van der Waals surface area contributed by atoms with Crippen molar-refractivity contribution in [3.05, 3.63) is 0 Å². The van der Waals surface area contributed by atoms with Gasteiger partial charge < -0.3 is 33.8 Å². The van der Waals surface area contributed by atoms with Gasteiger partial charge in [0, 0.05) is 25.7 Å². The molecule has 0 saturated heterocycles. The first-order chi connectivity index (χ1) is 48.0. The van der Waals surface area contributed by atoms with Crippen molar-refractivity contribution in [1.82, 2.24) is 0 Å². The quantitative estimate of drug-likeness (QED) is 0.0222. The van der Waals surface area contributed by atoms with Crippen molar-refractivity contribution in [2.45, 2.75) is 445 Å². The Morgan fingerprint density at radius 1 is 0.273 bits per heavy atom. The zero-order valence-corrected chi connectivity index (χ0v) is 66.4. The van der Waals surface area contributed by atoms with Crippen molar-refractivity contribution in [2.24, 2.45) is 5.92 Å². The molecule has 0 radical (unpaired) electrons. The number of unbranched alkanes of at least 4 members (excludes halogenated alkanes) is 52. The van der Waals surface area contributed by atoms with E-state index in [1.807, 2.05) is 0 Å². The summed E-state index contributed by atoms with van der Waals surface area (Å²) in [5.41, 5.74) is 0. The fourth-order valence-corrected chi connectivity index (χ4v) is 14.0. The number of carbonyl (C=O) groups is 4. The van der Waals surface area contributed by atoms with Gasteiger partial charge in [0.2, 0.25) is 0 Å². The molecular weight excluding hydrogens is 1290 g/mol. The van der Waals surface area contributed by atoms with E-state index in [2.05, 4.69) is 34.6 Å². The molecule has 0 aliphatic heterocycles. The van der Waals surface area contributed by atoms with Gasteiger partial charge in [-0.05, 0) is 31.6 Å². The molecule has 0 aromatic heterocycles. The lowest BCUT2D eigenvalue weighted by atomic mass is 10.0. The molecular formula is C80H156O17P2. The predicted octanol–water partition coefficient (Wildman–Crippen LogP) is 24.0. The average Bonchev–Trinajstić information content (AvgIpc) is 1.05. The normalized spacial score (nSPS) is 13.9. The van der Waals surface area contributed by atoms with Gasteiger partial charge in [0.25, 0.3) is 0 Å². The van der Waals surface area contributed by atoms with Crippen LogP contribution in [-0.4, -0.2) is 96.7 Å². The third kappa shape index (κ3) is 74.1. The zero-order valence-electron chi connectivity index (χ0n) is 64.6. The first kappa shape index (κ1) is 97.1. The lowest BCUT2D eigenvalue weighted by Gasteiger charge is -2.21. The van der Waals surface area contributed by atoms with Crippen LogP contribution in [0.2, 0.25) is 0 Å². The molecule has 0 fully saturated rings. The summed E-state index contributed by atoms with van der Waals surface area (Å²) in [4.78, 5) is 73.0. The molecule has 0 saturated carbocycles. The first-order valence-electron chi connectivity index (χ1n) is 41.6. The monoisotopic (exact) mass is 1450 g/mol. The number of rotatable bonds is 80. The number of ether oxygens (including phenoxy) is 4. The molecule has 3 N–H and O–H groups in total. The molecule has 0 aromatic rings. The SMILES string of the molecule is CCCCCCCCCCCCCCCCCCCCC(=O)O[C@H](COC(=O)CCCCCCCCCCCCCCCC(C)C)COP(=O)(O)OC[C@@H](O)COP(=O)(O)OC[C@@H](COC(=O)CCCCCCCCCCCC)OC(=O)CCCCCCCCCCCCCCCCC. The predicted molar refractivity (Wildman–Crippen MR) is 405 cm³/mol. The van der Waals surface area contributed by atoms with E-state index >= 15 is 0 Å². The van der Waals surface area contributed by atoms with Crippen LogP contribution in [0.3, 0.4) is 0 Å². The van der Waals surface area contributed by atoms with Gasteiger partial charge in [-0.15, -0.1) is 0 Å². The van der Waals surface area contributed by atoms with Gasteiger partial charge in [0.15, 0.2) is 12.2 Å². The van der Waals surface area contributed by atoms with Gasteiger partial charge in [-0.2, -0.15) is 0 Å². The largest absolute Gasteiger partial charge is 0.472 e. The van der Waals surface area contributed by atoms with E-state index in [1.54, 1.807) is 0 Å². The molecule has 0 aliphatic rings. The summed E-state index contributed by atoms with van der Waals surface area (Å²) < 4.78 is 68.7. The highest BCUT2D eigenvalue weighted by molar-refractivity contribution is 7.47. The van der Waals surface area contributed by atoms with Crippen molar-refractivity contribution in [1.29, 1.82) is 0 Å². The minimum atomic E-state index is -4.96. The Hall–Kier alpha value is -1.94. The Kier molecular flexibility index (Phi) is 71.6. The molecule has 588 valence electrons. The minimum absolute atomic E-state index is 0.109. The van der Waals surface area contributed by atoms with Crippen molar-refractivity contribution in [2.75, 3.05) is 39.6 Å². The number of phosphoric ester groups is 2. The third-order valence-electron chi connectivity index (χ3n) is 18.8. The summed E-state index contributed by atoms with van der Waals surface area (Å²) in [7, 11) is -9.92. The summed E-state index contributed by atoms with van der Waals surface area (Å²) >= 11 is 0. The maximum absolute atomic E-state index is 13.1. The third-order valence-corrected chi connectivity index (χ3v) is 20.7. The summed E-state index contributed by atoms with van der Waals surface area (Å²) in [6, 6.07) is 0. The van der Waals surface area contributed by atoms with Crippen molar-refractivity contribution >= 4 is 39.5 Å². The number of aliphatic hydroxyl groups excluding tert-OH is 1. The molecule has 0 bridgehead atoms. The van der Waals surface area contributed by atoms with Gasteiger partial charge in [-0.25, -0.2) is 9.13 Å². The fraction of sp³-hybridized carbons (Fsp3) is 0.950. The number of hydrogen-bond donors (Lipinski definition) is 3. The van der Waals surface area contributed by atoms with Crippen LogP contribution >= 0.6 is 15.6 Å². The highest BCUT2D eigenvalue weighted by atomic mass is 31.2. The summed E-state index contributed by atoms with van der Waals surface area (Å²) in [6.07, 6.45) is 63.7. The van der Waals surface area contributed by atoms with E-state index in [9.17, 15) is 43.2 Å². The lowest BCUT2D eigenvalue weighted by Crippen LogP contribution is -2.30. The van der Waals surface area contributed by atoms with Crippen LogP contribution in [0.1, 0.15) is 426 Å². The average molecular weight is 1450 g/mol. The second kappa shape index (κ2) is 73.0. The van der Waals surface area contributed by atoms with E-state index < -0.39 is 97.5 Å². The summed E-state index contributed by atoms with van der Waals surface area (Å²) in [6.45, 7) is 7.34. The molecule has 0 rings (SSSR count). The van der Waals surface area contributed by atoms with Crippen LogP contribution in [0, 0.1) is 5.92 Å². The van der Waals surface area contributed by atoms with Gasteiger partial charge in [-0.3, -0.25) is 37.3 Å². The molecule has 5 atom stereocenters. The van der Waals surface area contributed by atoms with E-state index in [1.165, 1.54) is 250 Å². The van der Waals surface area contributed by atoms with Crippen LogP contribution in [0.4, 0.5) is 0 Å². The highest BCUT2D eigenvalue weighted by Gasteiger charge is 2.30. The van der Waals surface area contributed by atoms with E-state index in [0.717, 1.165) is 95.8 Å². The van der Waals surface area contributed by atoms with Crippen LogP contribution in [0.5, 0.6) is 0 Å². The molecule has 0 aliphatic carbocycles. The van der Waals surface area contributed by atoms with Crippen LogP contribution < -0.4 is 0 Å². The molecule has 0 heterocycles. The van der Waals surface area contributed by atoms with Gasteiger partial charge in [0.05, 0.1) is 26.4 Å². The molecule has 0 spiro atoms. The molecule has 0 amide bonds. The van der Waals surface area contributed by atoms with Crippen LogP contribution in [0.15, 0.2) is 0 Å². The number of carbonyl (C=O) groups excluding carboxylic acids is 4. The van der Waals surface area contributed by atoms with Gasteiger partial charge in [-0.1, -0.05) is 375 Å². The first-order valence-corrected chi connectivity index (χ1v) is 44.6. The Morgan fingerprint density at radius 2 is 0.465 bits per heavy atom. The van der Waals surface area contributed by atoms with Crippen LogP contribution in [-0.2, 0) is 65.4 Å². The minimum Gasteiger partial charge on any atom is -0.462 e. The molecule has 2 unspecified atom stereocenters. The van der Waals surface area contributed by atoms with Gasteiger partial charge >= 0.3 is 39.5 Å². The number of aliphatic hydroxyl groups is 1. The maximum atomic E-state index is 13.1. The fourth-order valence-electron chi connectivity index (χ4n) is 12.4. The Balaban J connectivity index is 5.24. The molecule has 99 heavy (non-hydrogen) atoms. The molecule has 19 heteroatoms. The smallest absolute Gasteiger partial charge is 0.462 e. The number of hydrogen-bond acceptors (Lipinski definition) is 15. The number of phosphoric acid groups is 2. The zero-order chi connectivity index (χ0) is 72.7. The van der Waals surface area contributed by atoms with Crippen molar-refractivity contribution in [3.8, 4) is 0 Å². The van der Waals surface area contributed by atoms with Crippen LogP contribution in [0.25, 0.3) is 0 Å². The number of esters is 4. The van der Waals surface area contributed by atoms with E-state index in [-0.39, 0.29) is 25.7 Å². The lowest BCUT2D eigenvalue weighted by molar-refractivity contribution is -0.161. The maximum Gasteiger partial charge on any atom is 0.472 e. The summed E-state index contributed by atoms with van der Waals surface area (Å²) in [5, 5.41) is 10.6. The van der Waals surface area contributed by atoms with Crippen molar-refractivity contribution in [3.63, 3.8) is 0 Å². The summed E-state index contributed by atoms with van der Waals surface area (Å²) in [5.74, 6) is -1.31. The second-order valence-electron chi connectivity index (χ2n) is 29.3. The Morgan fingerprint density at radius 3 is 0.687 bits per heavy atom. The Bertz CT molecular complexity index is 1890. The van der Waals surface area contributed by atoms with E-state index in [4.69, 9.17) is 37.0 Å².